The summed E-state index contributed by atoms with van der Waals surface area (Å²) in [6, 6.07) is 4.29. The van der Waals surface area contributed by atoms with Crippen molar-refractivity contribution in [3.63, 3.8) is 0 Å². The molecule has 0 N–H and O–H groups in total. The predicted octanol–water partition coefficient (Wildman–Crippen LogP) is 4.42. The average molecular weight is 367 g/mol. The van der Waals surface area contributed by atoms with E-state index in [4.69, 9.17) is 0 Å². The minimum atomic E-state index is -4.80. The minimum Gasteiger partial charge on any atom is -0.406 e. The Balaban J connectivity index is 2.98. The Kier molecular flexibility index (Phi) is 6.69. The first-order valence-corrected chi connectivity index (χ1v) is 9.15. The van der Waals surface area contributed by atoms with Crippen LogP contribution < -0.4 is 4.74 Å². The normalized spacial score (nSPS) is 13.3. The Labute approximate surface area is 141 Å². The Bertz CT molecular complexity index is 619. The molecule has 1 rings (SSSR count). The number of rotatable bonds is 7. The first-order chi connectivity index (χ1) is 10.8. The molecule has 0 aliphatic carbocycles. The quantitative estimate of drug-likeness (QED) is 0.717. The van der Waals surface area contributed by atoms with Crippen molar-refractivity contribution in [2.24, 2.45) is 5.41 Å². The number of hydrogen-bond acceptors (Lipinski definition) is 3. The smallest absolute Gasteiger partial charge is 0.406 e. The van der Waals surface area contributed by atoms with E-state index < -0.39 is 22.1 Å². The molecule has 0 spiro atoms. The first kappa shape index (κ1) is 20.8. The molecule has 0 aliphatic rings. The lowest BCUT2D eigenvalue weighted by molar-refractivity contribution is -0.274. The molecular weight excluding hydrogens is 343 g/mol. The summed E-state index contributed by atoms with van der Waals surface area (Å²) in [4.78, 5) is -0.0422. The van der Waals surface area contributed by atoms with Crippen molar-refractivity contribution in [3.8, 4) is 5.75 Å². The molecule has 8 heteroatoms. The Morgan fingerprint density at radius 2 is 1.58 bits per heavy atom. The summed E-state index contributed by atoms with van der Waals surface area (Å²) in [5, 5.41) is 0. The van der Waals surface area contributed by atoms with Crippen molar-refractivity contribution >= 4 is 10.0 Å². The minimum absolute atomic E-state index is 0.0219. The van der Waals surface area contributed by atoms with E-state index in [-0.39, 0.29) is 10.3 Å². The Hall–Kier alpha value is -1.28. The third kappa shape index (κ3) is 6.68. The van der Waals surface area contributed by atoms with Crippen molar-refractivity contribution in [2.45, 2.75) is 51.8 Å². The predicted molar refractivity (Wildman–Crippen MR) is 86.2 cm³/mol. The van der Waals surface area contributed by atoms with Gasteiger partial charge in [0.25, 0.3) is 0 Å². The van der Waals surface area contributed by atoms with E-state index in [0.29, 0.717) is 25.9 Å². The van der Waals surface area contributed by atoms with Gasteiger partial charge in [0.1, 0.15) is 5.75 Å². The number of halogens is 3. The molecule has 0 bridgehead atoms. The number of alkyl halides is 3. The van der Waals surface area contributed by atoms with Gasteiger partial charge in [0.05, 0.1) is 4.90 Å². The summed E-state index contributed by atoms with van der Waals surface area (Å²) in [5.74, 6) is -0.446. The van der Waals surface area contributed by atoms with Gasteiger partial charge < -0.3 is 4.74 Å². The fourth-order valence-corrected chi connectivity index (χ4v) is 3.56. The maximum atomic E-state index is 12.7. The van der Waals surface area contributed by atoms with Crippen LogP contribution in [0.5, 0.6) is 5.75 Å². The van der Waals surface area contributed by atoms with E-state index in [1.807, 2.05) is 27.7 Å². The molecule has 24 heavy (non-hydrogen) atoms. The van der Waals surface area contributed by atoms with Gasteiger partial charge >= 0.3 is 6.36 Å². The summed E-state index contributed by atoms with van der Waals surface area (Å²) >= 11 is 0. The van der Waals surface area contributed by atoms with Gasteiger partial charge in [-0.1, -0.05) is 27.7 Å². The number of nitrogens with zero attached hydrogens (tertiary/aromatic N) is 1. The summed E-state index contributed by atoms with van der Waals surface area (Å²) in [6.07, 6.45) is -3.47. The molecule has 0 aliphatic heterocycles. The van der Waals surface area contributed by atoms with Crippen LogP contribution >= 0.6 is 0 Å². The third-order valence-electron chi connectivity index (χ3n) is 3.28. The summed E-state index contributed by atoms with van der Waals surface area (Å²) in [5.41, 5.74) is -0.0219. The van der Waals surface area contributed by atoms with Gasteiger partial charge in [0, 0.05) is 13.1 Å². The van der Waals surface area contributed by atoms with Crippen LogP contribution in [0.25, 0.3) is 0 Å². The molecular formula is C16H24F3NO3S. The monoisotopic (exact) mass is 367 g/mol. The number of ether oxygens (including phenoxy) is 1. The molecule has 0 aromatic heterocycles. The summed E-state index contributed by atoms with van der Waals surface area (Å²) in [6.45, 7) is 8.66. The zero-order valence-electron chi connectivity index (χ0n) is 14.4. The molecule has 0 saturated carbocycles. The number of benzene rings is 1. The lowest BCUT2D eigenvalue weighted by Gasteiger charge is -2.26. The van der Waals surface area contributed by atoms with Crippen molar-refractivity contribution in [1.82, 2.24) is 4.31 Å². The van der Waals surface area contributed by atoms with Crippen LogP contribution in [-0.2, 0) is 10.0 Å². The highest BCUT2D eigenvalue weighted by Crippen LogP contribution is 2.26. The summed E-state index contributed by atoms with van der Waals surface area (Å²) < 4.78 is 67.0. The van der Waals surface area contributed by atoms with Gasteiger partial charge in [-0.05, 0) is 42.5 Å². The van der Waals surface area contributed by atoms with Gasteiger partial charge in [-0.3, -0.25) is 0 Å². The van der Waals surface area contributed by atoms with E-state index >= 15 is 0 Å². The molecule has 1 aromatic rings. The molecule has 0 atom stereocenters. The summed E-state index contributed by atoms with van der Waals surface area (Å²) in [7, 11) is -3.75. The maximum Gasteiger partial charge on any atom is 0.573 e. The number of sulfonamides is 1. The average Bonchev–Trinajstić information content (AvgIpc) is 2.41. The zero-order valence-corrected chi connectivity index (χ0v) is 15.2. The van der Waals surface area contributed by atoms with Crippen LogP contribution in [0, 0.1) is 5.41 Å². The van der Waals surface area contributed by atoms with Gasteiger partial charge in [-0.2, -0.15) is 4.31 Å². The molecule has 138 valence electrons. The van der Waals surface area contributed by atoms with E-state index in [9.17, 15) is 21.6 Å². The molecule has 0 fully saturated rings. The Morgan fingerprint density at radius 3 is 2.00 bits per heavy atom. The van der Waals surface area contributed by atoms with Crippen LogP contribution in [0.1, 0.15) is 40.5 Å². The van der Waals surface area contributed by atoms with Crippen LogP contribution in [0.15, 0.2) is 29.2 Å². The lowest BCUT2D eigenvalue weighted by atomic mass is 9.92. The number of hydrogen-bond donors (Lipinski definition) is 0. The highest BCUT2D eigenvalue weighted by atomic mass is 32.2. The lowest BCUT2D eigenvalue weighted by Crippen LogP contribution is -2.34. The SMILES string of the molecule is CCCN(CCC(C)(C)C)S(=O)(=O)c1ccc(OC(F)(F)F)cc1. The van der Waals surface area contributed by atoms with Crippen molar-refractivity contribution in [3.05, 3.63) is 24.3 Å². The zero-order chi connectivity index (χ0) is 18.6. The highest BCUT2D eigenvalue weighted by molar-refractivity contribution is 7.89. The second kappa shape index (κ2) is 7.74. The van der Waals surface area contributed by atoms with Crippen molar-refractivity contribution < 1.29 is 26.3 Å². The van der Waals surface area contributed by atoms with Crippen LogP contribution in [0.3, 0.4) is 0 Å². The van der Waals surface area contributed by atoms with Gasteiger partial charge in [-0.25, -0.2) is 8.42 Å². The Morgan fingerprint density at radius 1 is 1.04 bits per heavy atom. The van der Waals surface area contributed by atoms with Gasteiger partial charge in [0.2, 0.25) is 10.0 Å². The fraction of sp³-hybridized carbons (Fsp3) is 0.625. The van der Waals surface area contributed by atoms with E-state index in [2.05, 4.69) is 4.74 Å². The molecule has 0 radical (unpaired) electrons. The molecule has 1 aromatic carbocycles. The molecule has 0 unspecified atom stereocenters. The van der Waals surface area contributed by atoms with Gasteiger partial charge in [-0.15, -0.1) is 13.2 Å². The van der Waals surface area contributed by atoms with E-state index in [0.717, 1.165) is 24.3 Å². The third-order valence-corrected chi connectivity index (χ3v) is 5.19. The second-order valence-corrected chi connectivity index (χ2v) is 8.67. The van der Waals surface area contributed by atoms with E-state index in [1.165, 1.54) is 4.31 Å². The molecule has 0 saturated heterocycles. The largest absolute Gasteiger partial charge is 0.573 e. The first-order valence-electron chi connectivity index (χ1n) is 7.71. The fourth-order valence-electron chi connectivity index (χ4n) is 2.02. The van der Waals surface area contributed by atoms with Crippen LogP contribution in [0.2, 0.25) is 0 Å². The van der Waals surface area contributed by atoms with Crippen LogP contribution in [0.4, 0.5) is 13.2 Å². The van der Waals surface area contributed by atoms with Crippen molar-refractivity contribution in [1.29, 1.82) is 0 Å². The van der Waals surface area contributed by atoms with Crippen LogP contribution in [-0.4, -0.2) is 32.2 Å². The van der Waals surface area contributed by atoms with Crippen molar-refractivity contribution in [2.75, 3.05) is 13.1 Å². The van der Waals surface area contributed by atoms with E-state index in [1.54, 1.807) is 0 Å². The molecule has 0 amide bonds. The highest BCUT2D eigenvalue weighted by Gasteiger charge is 2.31. The standard InChI is InChI=1S/C16H24F3NO3S/c1-5-11-20(12-10-15(2,3)4)24(21,22)14-8-6-13(7-9-14)23-16(17,18)19/h6-9H,5,10-12H2,1-4H3. The molecule has 4 nitrogen and oxygen atoms in total. The topological polar surface area (TPSA) is 46.6 Å². The second-order valence-electron chi connectivity index (χ2n) is 6.73. The molecule has 0 heterocycles. The van der Waals surface area contributed by atoms with Gasteiger partial charge in [0.15, 0.2) is 0 Å². The maximum absolute atomic E-state index is 12.7.